The van der Waals surface area contributed by atoms with E-state index >= 15 is 0 Å². The van der Waals surface area contributed by atoms with Crippen molar-refractivity contribution in [2.75, 3.05) is 17.2 Å². The molecule has 1 unspecified atom stereocenters. The second-order valence-electron chi connectivity index (χ2n) is 5.67. The van der Waals surface area contributed by atoms with Crippen molar-refractivity contribution in [3.05, 3.63) is 58.6 Å². The molecular weight excluding hydrogens is 268 g/mol. The Morgan fingerprint density at radius 2 is 2.05 bits per heavy atom. The van der Waals surface area contributed by atoms with Crippen LogP contribution >= 0.6 is 11.6 Å². The molecule has 0 spiro atoms. The molecule has 1 aliphatic heterocycles. The molecule has 104 valence electrons. The minimum atomic E-state index is 0.640. The zero-order valence-corrected chi connectivity index (χ0v) is 12.4. The maximum Gasteiger partial charge on any atom is 0.0638 e. The molecule has 0 aromatic heterocycles. The Bertz CT molecular complexity index is 624. The van der Waals surface area contributed by atoms with E-state index in [1.165, 1.54) is 16.8 Å². The van der Waals surface area contributed by atoms with Gasteiger partial charge in [-0.3, -0.25) is 0 Å². The lowest BCUT2D eigenvalue weighted by Crippen LogP contribution is -2.33. The second kappa shape index (κ2) is 5.37. The molecule has 0 radical (unpaired) electrons. The number of anilines is 2. The lowest BCUT2D eigenvalue weighted by atomic mass is 9.93. The normalized spacial score (nSPS) is 17.9. The van der Waals surface area contributed by atoms with Gasteiger partial charge < -0.3 is 10.6 Å². The van der Waals surface area contributed by atoms with Gasteiger partial charge in [0.1, 0.15) is 0 Å². The molecule has 0 fully saturated rings. The fourth-order valence-corrected chi connectivity index (χ4v) is 3.15. The van der Waals surface area contributed by atoms with Gasteiger partial charge in [0.25, 0.3) is 0 Å². The van der Waals surface area contributed by atoms with Crippen LogP contribution in [0.1, 0.15) is 18.1 Å². The quantitative estimate of drug-likeness (QED) is 0.842. The van der Waals surface area contributed by atoms with Gasteiger partial charge in [0, 0.05) is 18.8 Å². The van der Waals surface area contributed by atoms with Gasteiger partial charge in [-0.1, -0.05) is 42.8 Å². The lowest BCUT2D eigenvalue weighted by Gasteiger charge is -2.35. The van der Waals surface area contributed by atoms with Crippen molar-refractivity contribution in [2.24, 2.45) is 5.92 Å². The third-order valence-electron chi connectivity index (χ3n) is 3.87. The second-order valence-corrected chi connectivity index (χ2v) is 6.08. The minimum absolute atomic E-state index is 0.640. The first-order valence-corrected chi connectivity index (χ1v) is 7.38. The van der Waals surface area contributed by atoms with Crippen LogP contribution in [0.15, 0.2) is 42.5 Å². The fraction of sp³-hybridized carbons (Fsp3) is 0.294. The van der Waals surface area contributed by atoms with E-state index in [-0.39, 0.29) is 0 Å². The first-order chi connectivity index (χ1) is 9.63. The van der Waals surface area contributed by atoms with Crippen LogP contribution in [0.4, 0.5) is 11.4 Å². The van der Waals surface area contributed by atoms with Crippen LogP contribution in [0, 0.1) is 5.92 Å². The van der Waals surface area contributed by atoms with E-state index in [2.05, 4.69) is 42.2 Å². The standard InChI is InChI=1S/C17H19ClN2/c1-12-8-14-4-2-3-5-17(14)20(10-12)11-13-6-7-16(19)15(18)9-13/h2-7,9,12H,8,10-11,19H2,1H3. The fourth-order valence-electron chi connectivity index (χ4n) is 2.95. The van der Waals surface area contributed by atoms with E-state index in [0.29, 0.717) is 16.6 Å². The average Bonchev–Trinajstić information content (AvgIpc) is 2.43. The first-order valence-electron chi connectivity index (χ1n) is 7.00. The number of halogens is 1. The molecule has 1 aliphatic rings. The molecule has 0 bridgehead atoms. The van der Waals surface area contributed by atoms with E-state index < -0.39 is 0 Å². The Labute approximate surface area is 125 Å². The Morgan fingerprint density at radius 1 is 1.25 bits per heavy atom. The third-order valence-corrected chi connectivity index (χ3v) is 4.20. The van der Waals surface area contributed by atoms with Crippen LogP contribution in [-0.2, 0) is 13.0 Å². The zero-order chi connectivity index (χ0) is 14.1. The highest BCUT2D eigenvalue weighted by atomic mass is 35.5. The van der Waals surface area contributed by atoms with Gasteiger partial charge in [-0.25, -0.2) is 0 Å². The van der Waals surface area contributed by atoms with Crippen LogP contribution in [0.2, 0.25) is 5.02 Å². The van der Waals surface area contributed by atoms with E-state index in [1.807, 2.05) is 12.1 Å². The number of nitrogens with zero attached hydrogens (tertiary/aromatic N) is 1. The SMILES string of the molecule is CC1Cc2ccccc2N(Cc2ccc(N)c(Cl)c2)C1. The predicted molar refractivity (Wildman–Crippen MR) is 86.2 cm³/mol. The maximum absolute atomic E-state index is 6.12. The summed E-state index contributed by atoms with van der Waals surface area (Å²) in [6.45, 7) is 4.26. The number of para-hydroxylation sites is 1. The summed E-state index contributed by atoms with van der Waals surface area (Å²) in [5.74, 6) is 0.675. The summed E-state index contributed by atoms with van der Waals surface area (Å²) in [6, 6.07) is 14.6. The summed E-state index contributed by atoms with van der Waals surface area (Å²) in [5.41, 5.74) is 10.4. The highest BCUT2D eigenvalue weighted by molar-refractivity contribution is 6.33. The van der Waals surface area contributed by atoms with Crippen molar-refractivity contribution in [3.63, 3.8) is 0 Å². The molecule has 1 heterocycles. The van der Waals surface area contributed by atoms with Crippen molar-refractivity contribution in [1.29, 1.82) is 0 Å². The molecule has 0 amide bonds. The van der Waals surface area contributed by atoms with Crippen molar-refractivity contribution in [3.8, 4) is 0 Å². The number of fused-ring (bicyclic) bond motifs is 1. The highest BCUT2D eigenvalue weighted by Crippen LogP contribution is 2.31. The Hall–Kier alpha value is -1.67. The summed E-state index contributed by atoms with van der Waals surface area (Å²) in [6.07, 6.45) is 1.16. The number of benzene rings is 2. The van der Waals surface area contributed by atoms with Crippen LogP contribution in [0.3, 0.4) is 0 Å². The van der Waals surface area contributed by atoms with E-state index in [4.69, 9.17) is 17.3 Å². The van der Waals surface area contributed by atoms with Crippen molar-refractivity contribution in [1.82, 2.24) is 0 Å². The van der Waals surface area contributed by atoms with Crippen LogP contribution in [0.25, 0.3) is 0 Å². The highest BCUT2D eigenvalue weighted by Gasteiger charge is 2.21. The van der Waals surface area contributed by atoms with Crippen molar-refractivity contribution in [2.45, 2.75) is 19.9 Å². The Kier molecular flexibility index (Phi) is 3.58. The topological polar surface area (TPSA) is 29.3 Å². The zero-order valence-electron chi connectivity index (χ0n) is 11.6. The van der Waals surface area contributed by atoms with Crippen LogP contribution in [-0.4, -0.2) is 6.54 Å². The average molecular weight is 287 g/mol. The minimum Gasteiger partial charge on any atom is -0.398 e. The maximum atomic E-state index is 6.12. The van der Waals surface area contributed by atoms with Crippen molar-refractivity contribution >= 4 is 23.0 Å². The molecular formula is C17H19ClN2. The van der Waals surface area contributed by atoms with Gasteiger partial charge in [0.05, 0.1) is 10.7 Å². The van der Waals surface area contributed by atoms with E-state index in [9.17, 15) is 0 Å². The molecule has 2 aromatic rings. The van der Waals surface area contributed by atoms with E-state index in [1.54, 1.807) is 0 Å². The number of nitrogens with two attached hydrogens (primary N) is 1. The van der Waals surface area contributed by atoms with Gasteiger partial charge in [-0.05, 0) is 41.7 Å². The summed E-state index contributed by atoms with van der Waals surface area (Å²) in [7, 11) is 0. The molecule has 3 rings (SSSR count). The van der Waals surface area contributed by atoms with Gasteiger partial charge >= 0.3 is 0 Å². The summed E-state index contributed by atoms with van der Waals surface area (Å²) >= 11 is 6.12. The number of rotatable bonds is 2. The third kappa shape index (κ3) is 2.61. The molecule has 0 aliphatic carbocycles. The number of hydrogen-bond donors (Lipinski definition) is 1. The first kappa shape index (κ1) is 13.3. The Morgan fingerprint density at radius 3 is 2.85 bits per heavy atom. The number of nitrogen functional groups attached to an aromatic ring is 1. The van der Waals surface area contributed by atoms with Gasteiger partial charge in [-0.2, -0.15) is 0 Å². The largest absolute Gasteiger partial charge is 0.398 e. The molecule has 2 nitrogen and oxygen atoms in total. The molecule has 1 atom stereocenters. The lowest BCUT2D eigenvalue weighted by molar-refractivity contribution is 0.530. The smallest absolute Gasteiger partial charge is 0.0638 e. The molecule has 20 heavy (non-hydrogen) atoms. The number of hydrogen-bond acceptors (Lipinski definition) is 2. The van der Waals surface area contributed by atoms with Gasteiger partial charge in [0.2, 0.25) is 0 Å². The molecule has 0 saturated heterocycles. The van der Waals surface area contributed by atoms with Crippen LogP contribution in [0.5, 0.6) is 0 Å². The monoisotopic (exact) mass is 286 g/mol. The summed E-state index contributed by atoms with van der Waals surface area (Å²) in [5, 5.41) is 0.640. The van der Waals surface area contributed by atoms with Gasteiger partial charge in [-0.15, -0.1) is 0 Å². The van der Waals surface area contributed by atoms with Crippen LogP contribution < -0.4 is 10.6 Å². The molecule has 0 saturated carbocycles. The predicted octanol–water partition coefficient (Wildman–Crippen LogP) is 4.12. The van der Waals surface area contributed by atoms with Gasteiger partial charge in [0.15, 0.2) is 0 Å². The molecule has 3 heteroatoms. The molecule has 2 aromatic carbocycles. The van der Waals surface area contributed by atoms with E-state index in [0.717, 1.165) is 19.5 Å². The molecule has 2 N–H and O–H groups in total. The summed E-state index contributed by atoms with van der Waals surface area (Å²) < 4.78 is 0. The van der Waals surface area contributed by atoms with Crippen molar-refractivity contribution < 1.29 is 0 Å². The summed E-state index contributed by atoms with van der Waals surface area (Å²) in [4.78, 5) is 2.44. The Balaban J connectivity index is 1.89.